The number of nitrogens with zero attached hydrogens (tertiary/aromatic N) is 1. The molecule has 0 bridgehead atoms. The van der Waals surface area contributed by atoms with Crippen molar-refractivity contribution < 1.29 is 13.9 Å². The Bertz CT molecular complexity index is 788. The molecule has 7 heteroatoms. The van der Waals surface area contributed by atoms with Gasteiger partial charge in [0.15, 0.2) is 0 Å². The molecule has 2 rings (SSSR count). The molecule has 1 aromatic carbocycles. The van der Waals surface area contributed by atoms with E-state index in [1.807, 2.05) is 6.92 Å². The van der Waals surface area contributed by atoms with E-state index in [9.17, 15) is 14.0 Å². The highest BCUT2D eigenvalue weighted by molar-refractivity contribution is 6.31. The minimum absolute atomic E-state index is 0.0596. The number of fused-ring (bicyclic) bond motifs is 1. The van der Waals surface area contributed by atoms with Crippen LogP contribution in [0.1, 0.15) is 30.2 Å². The van der Waals surface area contributed by atoms with Crippen LogP contribution in [0.25, 0.3) is 10.9 Å². The SMILES string of the molecule is CCOC(=O)c1cn(C(C)CCl)c2cc(Cl)c(F)cc2c1=O. The lowest BCUT2D eigenvalue weighted by molar-refractivity contribution is 0.0524. The van der Waals surface area contributed by atoms with Crippen LogP contribution < -0.4 is 5.43 Å². The number of aromatic nitrogens is 1. The first-order valence-corrected chi connectivity index (χ1v) is 7.58. The van der Waals surface area contributed by atoms with Crippen LogP contribution in [0.5, 0.6) is 0 Å². The molecule has 0 radical (unpaired) electrons. The summed E-state index contributed by atoms with van der Waals surface area (Å²) in [4.78, 5) is 24.4. The molecular weight excluding hydrogens is 332 g/mol. The second-order valence-corrected chi connectivity index (χ2v) is 5.50. The van der Waals surface area contributed by atoms with Crippen molar-refractivity contribution in [2.75, 3.05) is 12.5 Å². The summed E-state index contributed by atoms with van der Waals surface area (Å²) in [5, 5.41) is -0.0456. The van der Waals surface area contributed by atoms with Crippen LogP contribution >= 0.6 is 23.2 Å². The zero-order valence-electron chi connectivity index (χ0n) is 12.0. The van der Waals surface area contributed by atoms with Gasteiger partial charge < -0.3 is 9.30 Å². The predicted molar refractivity (Wildman–Crippen MR) is 84.6 cm³/mol. The number of carbonyl (C=O) groups is 1. The van der Waals surface area contributed by atoms with Crippen molar-refractivity contribution in [2.45, 2.75) is 19.9 Å². The van der Waals surface area contributed by atoms with Gasteiger partial charge in [0, 0.05) is 23.5 Å². The second kappa shape index (κ2) is 6.67. The molecule has 118 valence electrons. The highest BCUT2D eigenvalue weighted by Crippen LogP contribution is 2.24. The number of benzene rings is 1. The van der Waals surface area contributed by atoms with Gasteiger partial charge in [0.1, 0.15) is 11.4 Å². The fraction of sp³-hybridized carbons (Fsp3) is 0.333. The third kappa shape index (κ3) is 2.96. The van der Waals surface area contributed by atoms with Gasteiger partial charge in [-0.2, -0.15) is 0 Å². The molecule has 22 heavy (non-hydrogen) atoms. The van der Waals surface area contributed by atoms with Crippen LogP contribution in [0.4, 0.5) is 4.39 Å². The van der Waals surface area contributed by atoms with Gasteiger partial charge in [-0.05, 0) is 26.0 Å². The number of rotatable bonds is 4. The van der Waals surface area contributed by atoms with Gasteiger partial charge in [-0.25, -0.2) is 9.18 Å². The summed E-state index contributed by atoms with van der Waals surface area (Å²) in [6.07, 6.45) is 1.38. The van der Waals surface area contributed by atoms with E-state index in [2.05, 4.69) is 0 Å². The fourth-order valence-corrected chi connectivity index (χ4v) is 2.44. The minimum Gasteiger partial charge on any atom is -0.462 e. The van der Waals surface area contributed by atoms with Crippen LogP contribution in [0, 0.1) is 5.82 Å². The third-order valence-corrected chi connectivity index (χ3v) is 4.00. The molecule has 0 saturated carbocycles. The number of alkyl halides is 1. The summed E-state index contributed by atoms with van der Waals surface area (Å²) in [5.41, 5.74) is -0.340. The maximum absolute atomic E-state index is 13.7. The van der Waals surface area contributed by atoms with Gasteiger partial charge in [-0.1, -0.05) is 11.6 Å². The largest absolute Gasteiger partial charge is 0.462 e. The molecule has 1 unspecified atom stereocenters. The third-order valence-electron chi connectivity index (χ3n) is 3.27. The molecule has 1 aromatic heterocycles. The summed E-state index contributed by atoms with van der Waals surface area (Å²) in [5.74, 6) is -1.23. The van der Waals surface area contributed by atoms with E-state index in [1.54, 1.807) is 11.5 Å². The van der Waals surface area contributed by atoms with Crippen molar-refractivity contribution >= 4 is 40.1 Å². The lowest BCUT2D eigenvalue weighted by atomic mass is 10.1. The monoisotopic (exact) mass is 345 g/mol. The van der Waals surface area contributed by atoms with Crippen LogP contribution in [0.2, 0.25) is 5.02 Å². The minimum atomic E-state index is -0.750. The molecule has 0 fully saturated rings. The van der Waals surface area contributed by atoms with Crippen LogP contribution in [-0.4, -0.2) is 23.0 Å². The molecule has 0 saturated heterocycles. The fourth-order valence-electron chi connectivity index (χ4n) is 2.14. The Morgan fingerprint density at radius 1 is 1.45 bits per heavy atom. The lowest BCUT2D eigenvalue weighted by Crippen LogP contribution is -2.22. The number of carbonyl (C=O) groups excluding carboxylic acids is 1. The molecule has 2 aromatic rings. The first-order chi connectivity index (χ1) is 10.4. The van der Waals surface area contributed by atoms with E-state index in [4.69, 9.17) is 27.9 Å². The molecule has 0 spiro atoms. The molecule has 0 N–H and O–H groups in total. The summed E-state index contributed by atoms with van der Waals surface area (Å²) in [7, 11) is 0. The van der Waals surface area contributed by atoms with Gasteiger partial charge in [0.25, 0.3) is 0 Å². The van der Waals surface area contributed by atoms with Gasteiger partial charge in [0.2, 0.25) is 5.43 Å². The summed E-state index contributed by atoms with van der Waals surface area (Å²) >= 11 is 11.7. The van der Waals surface area contributed by atoms with Crippen molar-refractivity contribution in [1.29, 1.82) is 0 Å². The average Bonchev–Trinajstić information content (AvgIpc) is 2.49. The predicted octanol–water partition coefficient (Wildman–Crippen LogP) is 3.77. The van der Waals surface area contributed by atoms with Crippen molar-refractivity contribution in [3.05, 3.63) is 45.0 Å². The van der Waals surface area contributed by atoms with Crippen molar-refractivity contribution in [3.8, 4) is 0 Å². The number of hydrogen-bond donors (Lipinski definition) is 0. The first kappa shape index (κ1) is 16.8. The van der Waals surface area contributed by atoms with Gasteiger partial charge in [-0.15, -0.1) is 11.6 Å². The zero-order valence-corrected chi connectivity index (χ0v) is 13.5. The van der Waals surface area contributed by atoms with Crippen LogP contribution in [0.3, 0.4) is 0 Å². The highest BCUT2D eigenvalue weighted by atomic mass is 35.5. The smallest absolute Gasteiger partial charge is 0.343 e. The van der Waals surface area contributed by atoms with Crippen molar-refractivity contribution in [3.63, 3.8) is 0 Å². The second-order valence-electron chi connectivity index (χ2n) is 4.79. The Morgan fingerprint density at radius 3 is 2.73 bits per heavy atom. The Balaban J connectivity index is 2.85. The maximum atomic E-state index is 13.7. The highest BCUT2D eigenvalue weighted by Gasteiger charge is 2.19. The topological polar surface area (TPSA) is 48.3 Å². The Hall–Kier alpha value is -1.59. The van der Waals surface area contributed by atoms with Gasteiger partial charge in [-0.3, -0.25) is 4.79 Å². The first-order valence-electron chi connectivity index (χ1n) is 6.67. The molecule has 0 aliphatic heterocycles. The normalized spacial score (nSPS) is 12.4. The van der Waals surface area contributed by atoms with E-state index >= 15 is 0 Å². The average molecular weight is 346 g/mol. The molecular formula is C15H14Cl2FNO3. The van der Waals surface area contributed by atoms with E-state index in [0.29, 0.717) is 5.52 Å². The van der Waals surface area contributed by atoms with Crippen LogP contribution in [-0.2, 0) is 4.74 Å². The Labute approximate surface area is 136 Å². The number of esters is 1. The zero-order chi connectivity index (χ0) is 16.4. The van der Waals surface area contributed by atoms with E-state index < -0.39 is 17.2 Å². The van der Waals surface area contributed by atoms with E-state index in [1.165, 1.54) is 12.3 Å². The van der Waals surface area contributed by atoms with Crippen LogP contribution in [0.15, 0.2) is 23.1 Å². The van der Waals surface area contributed by atoms with E-state index in [-0.39, 0.29) is 34.5 Å². The summed E-state index contributed by atoms with van der Waals surface area (Å²) < 4.78 is 20.2. The maximum Gasteiger partial charge on any atom is 0.343 e. The molecule has 1 heterocycles. The summed E-state index contributed by atoms with van der Waals surface area (Å²) in [6, 6.07) is 2.16. The Morgan fingerprint density at radius 2 is 2.14 bits per heavy atom. The van der Waals surface area contributed by atoms with E-state index in [0.717, 1.165) is 6.07 Å². The molecule has 0 amide bonds. The van der Waals surface area contributed by atoms with Crippen molar-refractivity contribution in [1.82, 2.24) is 4.57 Å². The number of ether oxygens (including phenoxy) is 1. The molecule has 0 aliphatic rings. The molecule has 4 nitrogen and oxygen atoms in total. The van der Waals surface area contributed by atoms with Crippen molar-refractivity contribution in [2.24, 2.45) is 0 Å². The standard InChI is InChI=1S/C15H14Cl2FNO3/c1-3-22-15(21)10-7-19(8(2)6-16)13-5-11(17)12(18)4-9(13)14(10)20/h4-5,7-8H,3,6H2,1-2H3. The molecule has 0 aliphatic carbocycles. The number of halogens is 3. The molecule has 1 atom stereocenters. The summed E-state index contributed by atoms with van der Waals surface area (Å²) in [6.45, 7) is 3.58. The Kier molecular flexibility index (Phi) is 5.08. The number of pyridine rings is 1. The lowest BCUT2D eigenvalue weighted by Gasteiger charge is -2.18. The van der Waals surface area contributed by atoms with Gasteiger partial charge in [0.05, 0.1) is 17.1 Å². The number of hydrogen-bond acceptors (Lipinski definition) is 3. The van der Waals surface area contributed by atoms with Gasteiger partial charge >= 0.3 is 5.97 Å². The quantitative estimate of drug-likeness (QED) is 0.625.